The molecule has 2 aromatic rings. The number of rotatable bonds is 4. The van der Waals surface area contributed by atoms with Crippen molar-refractivity contribution in [1.29, 1.82) is 0 Å². The predicted octanol–water partition coefficient (Wildman–Crippen LogP) is 6.12. The Morgan fingerprint density at radius 1 is 1.20 bits per heavy atom. The third-order valence-corrected chi connectivity index (χ3v) is 6.62. The Hall–Kier alpha value is -1.98. The number of hydrogen-bond acceptors (Lipinski definition) is 3. The lowest BCUT2D eigenvalue weighted by Gasteiger charge is -2.39. The number of fused-ring (bicyclic) bond motifs is 1. The van der Waals surface area contributed by atoms with Gasteiger partial charge in [-0.15, -0.1) is 0 Å². The van der Waals surface area contributed by atoms with E-state index in [1.54, 1.807) is 18.2 Å². The van der Waals surface area contributed by atoms with E-state index in [-0.39, 0.29) is 17.4 Å². The molecule has 1 fully saturated rings. The number of halogens is 2. The molecule has 30 heavy (non-hydrogen) atoms. The highest BCUT2D eigenvalue weighted by molar-refractivity contribution is 6.39. The highest BCUT2D eigenvalue weighted by Crippen LogP contribution is 2.39. The maximum Gasteiger partial charge on any atom is 0.247 e. The normalized spacial score (nSPS) is 22.8. The standard InChI is InChI=1S/C23H28Cl2N4O/c1-13-9-15(12-23(2,3)11-13)26-21(30)14-7-8-18-19(10-14)28-22(27-18)29-20-16(24)5-4-6-17(20)25/h4-6,10,13,15H,7-9,11-12H2,1-3H3,(H,26,30)(H2,27,28,29). The fourth-order valence-corrected chi connectivity index (χ4v) is 5.43. The first-order valence-electron chi connectivity index (χ1n) is 10.5. The lowest BCUT2D eigenvalue weighted by atomic mass is 9.70. The Morgan fingerprint density at radius 2 is 1.93 bits per heavy atom. The number of para-hydroxylation sites is 1. The molecule has 4 rings (SSSR count). The Morgan fingerprint density at radius 3 is 2.63 bits per heavy atom. The number of aromatic nitrogens is 2. The minimum absolute atomic E-state index is 0.0298. The van der Waals surface area contributed by atoms with Crippen molar-refractivity contribution in [2.75, 3.05) is 5.32 Å². The van der Waals surface area contributed by atoms with Gasteiger partial charge in [0.15, 0.2) is 0 Å². The molecule has 0 radical (unpaired) electrons. The van der Waals surface area contributed by atoms with Gasteiger partial charge in [-0.1, -0.05) is 50.0 Å². The highest BCUT2D eigenvalue weighted by atomic mass is 35.5. The Bertz CT molecular complexity index is 975. The summed E-state index contributed by atoms with van der Waals surface area (Å²) in [5.74, 6) is 1.22. The van der Waals surface area contributed by atoms with Gasteiger partial charge in [-0.3, -0.25) is 4.79 Å². The monoisotopic (exact) mass is 446 g/mol. The van der Waals surface area contributed by atoms with E-state index in [0.717, 1.165) is 36.2 Å². The molecular weight excluding hydrogens is 419 g/mol. The Kier molecular flexibility index (Phi) is 5.86. The summed E-state index contributed by atoms with van der Waals surface area (Å²) < 4.78 is 0. The van der Waals surface area contributed by atoms with E-state index in [1.807, 2.05) is 6.08 Å². The minimum Gasteiger partial charge on any atom is -0.350 e. The molecule has 2 atom stereocenters. The summed E-state index contributed by atoms with van der Waals surface area (Å²) in [6, 6.07) is 5.57. The van der Waals surface area contributed by atoms with E-state index in [1.165, 1.54) is 6.42 Å². The maximum absolute atomic E-state index is 12.9. The number of carbonyl (C=O) groups excluding carboxylic acids is 1. The van der Waals surface area contributed by atoms with Gasteiger partial charge in [0.2, 0.25) is 11.9 Å². The van der Waals surface area contributed by atoms with Crippen LogP contribution in [0.1, 0.15) is 57.8 Å². The van der Waals surface area contributed by atoms with Crippen LogP contribution in [0.4, 0.5) is 11.6 Å². The Balaban J connectivity index is 1.47. The summed E-state index contributed by atoms with van der Waals surface area (Å²) in [5.41, 5.74) is 3.46. The zero-order valence-corrected chi connectivity index (χ0v) is 19.1. The summed E-state index contributed by atoms with van der Waals surface area (Å²) in [7, 11) is 0. The lowest BCUT2D eigenvalue weighted by Crippen LogP contribution is -2.43. The van der Waals surface area contributed by atoms with Crippen molar-refractivity contribution in [3.8, 4) is 0 Å². The van der Waals surface area contributed by atoms with Crippen LogP contribution in [0.2, 0.25) is 10.0 Å². The van der Waals surface area contributed by atoms with Crippen LogP contribution in [0.15, 0.2) is 23.8 Å². The molecular formula is C23H28Cl2N4O. The van der Waals surface area contributed by atoms with Crippen molar-refractivity contribution in [2.24, 2.45) is 11.3 Å². The number of anilines is 2. The Labute approximate surface area is 187 Å². The van der Waals surface area contributed by atoms with Gasteiger partial charge in [0, 0.05) is 17.3 Å². The van der Waals surface area contributed by atoms with E-state index in [4.69, 9.17) is 23.2 Å². The van der Waals surface area contributed by atoms with Gasteiger partial charge in [0.25, 0.3) is 0 Å². The molecule has 0 aliphatic heterocycles. The molecule has 7 heteroatoms. The molecule has 1 amide bonds. The summed E-state index contributed by atoms with van der Waals surface area (Å²) in [4.78, 5) is 20.8. The van der Waals surface area contributed by atoms with E-state index in [2.05, 4.69) is 41.4 Å². The van der Waals surface area contributed by atoms with Gasteiger partial charge in [0.1, 0.15) is 0 Å². The summed E-state index contributed by atoms with van der Waals surface area (Å²) in [5, 5.41) is 7.48. The number of carbonyl (C=O) groups is 1. The van der Waals surface area contributed by atoms with Crippen LogP contribution >= 0.6 is 23.2 Å². The van der Waals surface area contributed by atoms with Crippen molar-refractivity contribution in [2.45, 2.75) is 58.9 Å². The minimum atomic E-state index is 0.0298. The van der Waals surface area contributed by atoms with Crippen molar-refractivity contribution in [1.82, 2.24) is 15.3 Å². The van der Waals surface area contributed by atoms with Crippen LogP contribution in [0, 0.1) is 11.3 Å². The molecule has 1 aromatic carbocycles. The number of nitrogens with zero attached hydrogens (tertiary/aromatic N) is 1. The van der Waals surface area contributed by atoms with E-state index >= 15 is 0 Å². The van der Waals surface area contributed by atoms with Crippen molar-refractivity contribution in [3.63, 3.8) is 0 Å². The number of benzene rings is 1. The number of aromatic amines is 1. The second-order valence-corrected chi connectivity index (χ2v) is 10.2. The first-order chi connectivity index (χ1) is 14.2. The summed E-state index contributed by atoms with van der Waals surface area (Å²) in [6.45, 7) is 6.85. The fraction of sp³-hybridized carbons (Fsp3) is 0.478. The third kappa shape index (κ3) is 4.68. The van der Waals surface area contributed by atoms with Gasteiger partial charge in [-0.2, -0.15) is 0 Å². The zero-order chi connectivity index (χ0) is 21.5. The number of H-pyrrole nitrogens is 1. The number of amides is 1. The molecule has 0 bridgehead atoms. The molecule has 5 nitrogen and oxygen atoms in total. The zero-order valence-electron chi connectivity index (χ0n) is 17.6. The first kappa shape index (κ1) is 21.3. The van der Waals surface area contributed by atoms with Crippen molar-refractivity contribution >= 4 is 46.8 Å². The number of nitrogens with one attached hydrogen (secondary N) is 3. The topological polar surface area (TPSA) is 69.8 Å². The average molecular weight is 447 g/mol. The van der Waals surface area contributed by atoms with Gasteiger partial charge < -0.3 is 15.6 Å². The molecule has 1 heterocycles. The second kappa shape index (κ2) is 8.27. The van der Waals surface area contributed by atoms with Crippen molar-refractivity contribution < 1.29 is 4.79 Å². The van der Waals surface area contributed by atoms with E-state index < -0.39 is 0 Å². The molecule has 2 aliphatic carbocycles. The molecule has 0 spiro atoms. The lowest BCUT2D eigenvalue weighted by molar-refractivity contribution is -0.118. The molecule has 1 saturated carbocycles. The van der Waals surface area contributed by atoms with Crippen LogP contribution in [-0.4, -0.2) is 21.9 Å². The average Bonchev–Trinajstić information content (AvgIpc) is 3.04. The molecule has 1 aromatic heterocycles. The molecule has 2 unspecified atom stereocenters. The second-order valence-electron chi connectivity index (χ2n) is 9.42. The summed E-state index contributed by atoms with van der Waals surface area (Å²) in [6.07, 6.45) is 6.61. The van der Waals surface area contributed by atoms with Gasteiger partial charge >= 0.3 is 0 Å². The molecule has 0 saturated heterocycles. The first-order valence-corrected chi connectivity index (χ1v) is 11.3. The van der Waals surface area contributed by atoms with E-state index in [9.17, 15) is 4.79 Å². The quantitative estimate of drug-likeness (QED) is 0.529. The fourth-order valence-electron chi connectivity index (χ4n) is 4.94. The van der Waals surface area contributed by atoms with Crippen molar-refractivity contribution in [3.05, 3.63) is 45.2 Å². The molecule has 3 N–H and O–H groups in total. The molecule has 2 aliphatic rings. The molecule has 160 valence electrons. The van der Waals surface area contributed by atoms with E-state index in [0.29, 0.717) is 34.0 Å². The van der Waals surface area contributed by atoms with Crippen LogP contribution in [0.5, 0.6) is 0 Å². The highest BCUT2D eigenvalue weighted by Gasteiger charge is 2.33. The van der Waals surface area contributed by atoms with Gasteiger partial charge in [-0.25, -0.2) is 4.98 Å². The number of hydrogen-bond donors (Lipinski definition) is 3. The van der Waals surface area contributed by atoms with Gasteiger partial charge in [0.05, 0.1) is 21.4 Å². The number of imidazole rings is 1. The van der Waals surface area contributed by atoms with Crippen LogP contribution in [-0.2, 0) is 11.2 Å². The van der Waals surface area contributed by atoms with Crippen LogP contribution in [0.3, 0.4) is 0 Å². The predicted molar refractivity (Wildman–Crippen MR) is 123 cm³/mol. The number of aryl methyl sites for hydroxylation is 1. The van der Waals surface area contributed by atoms with Gasteiger partial charge in [-0.05, 0) is 61.6 Å². The third-order valence-electron chi connectivity index (χ3n) is 5.99. The maximum atomic E-state index is 12.9. The largest absolute Gasteiger partial charge is 0.350 e. The SMILES string of the molecule is CC1CC(NC(=O)C2=Cc3nc(Nc4c(Cl)cccc4Cl)[nH]c3CC2)CC(C)(C)C1. The summed E-state index contributed by atoms with van der Waals surface area (Å²) >= 11 is 12.5. The smallest absolute Gasteiger partial charge is 0.247 e. The van der Waals surface area contributed by atoms with Crippen LogP contribution in [0.25, 0.3) is 6.08 Å². The van der Waals surface area contributed by atoms with Crippen LogP contribution < -0.4 is 10.6 Å².